The molecule has 3 aromatic rings. The van der Waals surface area contributed by atoms with E-state index in [1.165, 1.54) is 5.56 Å². The van der Waals surface area contributed by atoms with Gasteiger partial charge in [0.05, 0.1) is 11.9 Å². The fraction of sp³-hybridized carbons (Fsp3) is 0.409. The summed E-state index contributed by atoms with van der Waals surface area (Å²) in [7, 11) is 0. The van der Waals surface area contributed by atoms with Gasteiger partial charge in [0.2, 0.25) is 0 Å². The molecule has 2 aromatic heterocycles. The highest BCUT2D eigenvalue weighted by Gasteiger charge is 2.44. The Bertz CT molecular complexity index is 1100. The monoisotopic (exact) mass is 427 g/mol. The van der Waals surface area contributed by atoms with Crippen molar-refractivity contribution in [1.29, 1.82) is 0 Å². The fourth-order valence-electron chi connectivity index (χ4n) is 4.38. The maximum atomic E-state index is 13.1. The lowest BCUT2D eigenvalue weighted by Gasteiger charge is -2.23. The average Bonchev–Trinajstić information content (AvgIpc) is 3.34. The summed E-state index contributed by atoms with van der Waals surface area (Å²) in [4.78, 5) is 28.2. The Morgan fingerprint density at radius 3 is 2.63 bits per heavy atom. The number of aromatic amines is 1. The molecule has 1 saturated carbocycles. The van der Waals surface area contributed by atoms with Gasteiger partial charge >= 0.3 is 0 Å². The minimum absolute atomic E-state index is 0. The molecule has 0 radical (unpaired) electrons. The van der Waals surface area contributed by atoms with Crippen molar-refractivity contribution >= 4 is 24.0 Å². The van der Waals surface area contributed by atoms with Crippen LogP contribution in [0.15, 0.2) is 47.4 Å². The summed E-state index contributed by atoms with van der Waals surface area (Å²) in [6.07, 6.45) is 6.23. The minimum Gasteiger partial charge on any atom is -0.346 e. The van der Waals surface area contributed by atoms with Crippen LogP contribution in [0.3, 0.4) is 0 Å². The smallest absolute Gasteiger partial charge is 0.257 e. The van der Waals surface area contributed by atoms with E-state index in [4.69, 9.17) is 0 Å². The molecule has 0 unspecified atom stereocenters. The topological polar surface area (TPSA) is 91.3 Å². The Balaban J connectivity index is 0.00000218. The van der Waals surface area contributed by atoms with Gasteiger partial charge in [-0.1, -0.05) is 30.3 Å². The number of carbonyl (C=O) groups is 1. The van der Waals surface area contributed by atoms with E-state index >= 15 is 0 Å². The van der Waals surface area contributed by atoms with Crippen molar-refractivity contribution in [1.82, 2.24) is 25.2 Å². The Morgan fingerprint density at radius 2 is 1.93 bits per heavy atom. The zero-order valence-corrected chi connectivity index (χ0v) is 17.5. The van der Waals surface area contributed by atoms with E-state index in [1.54, 1.807) is 16.8 Å². The number of hydrogen-bond donors (Lipinski definition) is 3. The molecule has 1 aliphatic heterocycles. The number of carbonyl (C=O) groups excluding carboxylic acids is 1. The normalized spacial score (nSPS) is 18.0. The zero-order valence-electron chi connectivity index (χ0n) is 16.7. The summed E-state index contributed by atoms with van der Waals surface area (Å²) < 4.78 is 1.74. The van der Waals surface area contributed by atoms with Gasteiger partial charge in [-0.15, -0.1) is 12.4 Å². The largest absolute Gasteiger partial charge is 0.346 e. The molecule has 3 heterocycles. The van der Waals surface area contributed by atoms with Gasteiger partial charge in [0.25, 0.3) is 11.5 Å². The Hall–Kier alpha value is -2.64. The number of benzene rings is 1. The second-order valence-electron chi connectivity index (χ2n) is 8.30. The standard InChI is InChI=1S/C22H25N5O2.ClH/c28-19-12-18(16-6-10-23-11-7-16)27-20(25-19)17(14-24-27)21(29)26-22(8-9-22)13-15-4-2-1-3-5-15;/h1-5,12,14,16,23H,6-11,13H2,(H,25,28)(H,26,29);1H. The SMILES string of the molecule is Cl.O=C(NC1(Cc2ccccc2)CC1)c1cnn2c(C3CCNCC3)cc(=O)[nH]c12. The summed E-state index contributed by atoms with van der Waals surface area (Å²) in [6, 6.07) is 11.8. The first-order valence-electron chi connectivity index (χ1n) is 10.3. The first-order valence-corrected chi connectivity index (χ1v) is 10.3. The minimum atomic E-state index is -0.195. The maximum absolute atomic E-state index is 13.1. The summed E-state index contributed by atoms with van der Waals surface area (Å²) in [6.45, 7) is 1.85. The van der Waals surface area contributed by atoms with Crippen LogP contribution in [0.4, 0.5) is 0 Å². The van der Waals surface area contributed by atoms with E-state index < -0.39 is 0 Å². The fourth-order valence-corrected chi connectivity index (χ4v) is 4.38. The van der Waals surface area contributed by atoms with Gasteiger partial charge in [-0.25, -0.2) is 4.52 Å². The van der Waals surface area contributed by atoms with E-state index in [-0.39, 0.29) is 35.3 Å². The lowest BCUT2D eigenvalue weighted by atomic mass is 9.94. The van der Waals surface area contributed by atoms with Crippen molar-refractivity contribution in [3.63, 3.8) is 0 Å². The van der Waals surface area contributed by atoms with Crippen LogP contribution in [-0.4, -0.2) is 39.1 Å². The molecule has 1 aliphatic carbocycles. The molecule has 2 aliphatic rings. The third kappa shape index (κ3) is 4.00. The molecule has 0 bridgehead atoms. The second-order valence-corrected chi connectivity index (χ2v) is 8.30. The molecule has 30 heavy (non-hydrogen) atoms. The van der Waals surface area contributed by atoms with Crippen molar-refractivity contribution < 1.29 is 4.79 Å². The van der Waals surface area contributed by atoms with E-state index in [9.17, 15) is 9.59 Å². The highest BCUT2D eigenvalue weighted by molar-refractivity contribution is 6.00. The number of rotatable bonds is 5. The van der Waals surface area contributed by atoms with E-state index in [1.807, 2.05) is 18.2 Å². The number of piperidine rings is 1. The van der Waals surface area contributed by atoms with Crippen LogP contribution < -0.4 is 16.2 Å². The second kappa shape index (κ2) is 8.24. The Labute approximate surface area is 180 Å². The first kappa shape index (κ1) is 20.6. The van der Waals surface area contributed by atoms with Crippen LogP contribution in [0.25, 0.3) is 5.65 Å². The number of hydrogen-bond acceptors (Lipinski definition) is 4. The van der Waals surface area contributed by atoms with Gasteiger partial charge in [0.15, 0.2) is 0 Å². The van der Waals surface area contributed by atoms with Crippen molar-refractivity contribution in [3.05, 3.63) is 69.8 Å². The summed E-state index contributed by atoms with van der Waals surface area (Å²) in [5, 5.41) is 11.0. The maximum Gasteiger partial charge on any atom is 0.257 e. The molecule has 1 aromatic carbocycles. The van der Waals surface area contributed by atoms with Gasteiger partial charge in [-0.2, -0.15) is 5.10 Å². The molecule has 3 N–H and O–H groups in total. The summed E-state index contributed by atoms with van der Waals surface area (Å²) >= 11 is 0. The van der Waals surface area contributed by atoms with Crippen molar-refractivity contribution in [2.75, 3.05) is 13.1 Å². The molecule has 158 valence electrons. The predicted octanol–water partition coefficient (Wildman–Crippen LogP) is 2.42. The molecular weight excluding hydrogens is 402 g/mol. The number of fused-ring (bicyclic) bond motifs is 1. The summed E-state index contributed by atoms with van der Waals surface area (Å²) in [5.41, 5.74) is 2.63. The molecule has 8 heteroatoms. The van der Waals surface area contributed by atoms with E-state index in [0.717, 1.165) is 50.9 Å². The number of H-pyrrole nitrogens is 1. The molecule has 2 fully saturated rings. The highest BCUT2D eigenvalue weighted by atomic mass is 35.5. The van der Waals surface area contributed by atoms with Gasteiger partial charge in [-0.05, 0) is 50.8 Å². The zero-order chi connectivity index (χ0) is 19.8. The van der Waals surface area contributed by atoms with Crippen molar-refractivity contribution in [2.24, 2.45) is 0 Å². The van der Waals surface area contributed by atoms with Crippen LogP contribution in [0.1, 0.15) is 53.2 Å². The van der Waals surface area contributed by atoms with Crippen molar-refractivity contribution in [2.45, 2.75) is 43.6 Å². The predicted molar refractivity (Wildman–Crippen MR) is 117 cm³/mol. The highest BCUT2D eigenvalue weighted by Crippen LogP contribution is 2.39. The van der Waals surface area contributed by atoms with Crippen LogP contribution in [-0.2, 0) is 6.42 Å². The summed E-state index contributed by atoms with van der Waals surface area (Å²) in [5.74, 6) is 0.0938. The lowest BCUT2D eigenvalue weighted by Crippen LogP contribution is -2.38. The van der Waals surface area contributed by atoms with Gasteiger partial charge < -0.3 is 15.6 Å². The van der Waals surface area contributed by atoms with Gasteiger partial charge in [0.1, 0.15) is 11.2 Å². The molecule has 0 spiro atoms. The number of halogens is 1. The first-order chi connectivity index (χ1) is 14.1. The number of aromatic nitrogens is 3. The van der Waals surface area contributed by atoms with Crippen LogP contribution in [0.5, 0.6) is 0 Å². The molecular formula is C22H26ClN5O2. The van der Waals surface area contributed by atoms with Crippen LogP contribution in [0.2, 0.25) is 0 Å². The van der Waals surface area contributed by atoms with Crippen LogP contribution >= 0.6 is 12.4 Å². The molecule has 1 amide bonds. The lowest BCUT2D eigenvalue weighted by molar-refractivity contribution is 0.0933. The van der Waals surface area contributed by atoms with Gasteiger partial charge in [-0.3, -0.25) is 9.59 Å². The molecule has 0 atom stereocenters. The number of nitrogens with zero attached hydrogens (tertiary/aromatic N) is 2. The third-order valence-electron chi connectivity index (χ3n) is 6.15. The Morgan fingerprint density at radius 1 is 1.20 bits per heavy atom. The van der Waals surface area contributed by atoms with Crippen molar-refractivity contribution in [3.8, 4) is 0 Å². The third-order valence-corrected chi connectivity index (χ3v) is 6.15. The molecule has 7 nitrogen and oxygen atoms in total. The quantitative estimate of drug-likeness (QED) is 0.583. The van der Waals surface area contributed by atoms with E-state index in [2.05, 4.69) is 32.8 Å². The molecule has 1 saturated heterocycles. The average molecular weight is 428 g/mol. The van der Waals surface area contributed by atoms with E-state index in [0.29, 0.717) is 11.2 Å². The van der Waals surface area contributed by atoms with Gasteiger partial charge in [0, 0.05) is 17.5 Å². The molecule has 5 rings (SSSR count). The number of amides is 1. The van der Waals surface area contributed by atoms with Crippen LogP contribution in [0, 0.1) is 0 Å². The number of nitrogens with one attached hydrogen (secondary N) is 3. The Kier molecular flexibility index (Phi) is 5.66.